The molecule has 0 atom stereocenters. The van der Waals surface area contributed by atoms with Crippen LogP contribution in [0.4, 0.5) is 0 Å². The summed E-state index contributed by atoms with van der Waals surface area (Å²) < 4.78 is 21.9. The van der Waals surface area contributed by atoms with Crippen LogP contribution >= 0.6 is 0 Å². The highest BCUT2D eigenvalue weighted by molar-refractivity contribution is 5.72. The number of benzene rings is 2. The number of para-hydroxylation sites is 1. The summed E-state index contributed by atoms with van der Waals surface area (Å²) in [6.07, 6.45) is 0.887. The van der Waals surface area contributed by atoms with Crippen LogP contribution in [0.1, 0.15) is 18.4 Å². The molecular formula is C19H20O5. The third kappa shape index (κ3) is 4.19. The molecule has 0 N–H and O–H groups in total. The molecule has 5 heteroatoms. The highest BCUT2D eigenvalue weighted by atomic mass is 16.6. The summed E-state index contributed by atoms with van der Waals surface area (Å²) in [6, 6.07) is 12.9. The maximum Gasteiger partial charge on any atom is 0.311 e. The molecular weight excluding hydrogens is 308 g/mol. The highest BCUT2D eigenvalue weighted by Crippen LogP contribution is 2.33. The lowest BCUT2D eigenvalue weighted by atomic mass is 10.2. The predicted octanol–water partition coefficient (Wildman–Crippen LogP) is 3.53. The molecule has 0 fully saturated rings. The predicted molar refractivity (Wildman–Crippen MR) is 89.0 cm³/mol. The Morgan fingerprint density at radius 1 is 1.08 bits per heavy atom. The second kappa shape index (κ2) is 7.73. The first-order chi connectivity index (χ1) is 11.7. The summed E-state index contributed by atoms with van der Waals surface area (Å²) in [5.74, 6) is 2.30. The zero-order chi connectivity index (χ0) is 16.8. The number of rotatable bonds is 6. The fraction of sp³-hybridized carbons (Fsp3) is 0.316. The van der Waals surface area contributed by atoms with Gasteiger partial charge >= 0.3 is 5.97 Å². The summed E-state index contributed by atoms with van der Waals surface area (Å²) >= 11 is 0. The van der Waals surface area contributed by atoms with Crippen molar-refractivity contribution in [1.82, 2.24) is 0 Å². The number of hydrogen-bond donors (Lipinski definition) is 0. The monoisotopic (exact) mass is 328 g/mol. The van der Waals surface area contributed by atoms with Crippen LogP contribution in [0.15, 0.2) is 42.5 Å². The van der Waals surface area contributed by atoms with Gasteiger partial charge in [0.25, 0.3) is 0 Å². The van der Waals surface area contributed by atoms with E-state index in [-0.39, 0.29) is 5.97 Å². The van der Waals surface area contributed by atoms with E-state index < -0.39 is 0 Å². The summed E-state index contributed by atoms with van der Waals surface area (Å²) in [6.45, 7) is 3.50. The van der Waals surface area contributed by atoms with Gasteiger partial charge in [-0.25, -0.2) is 0 Å². The van der Waals surface area contributed by atoms with Gasteiger partial charge in [-0.3, -0.25) is 4.79 Å². The molecule has 1 heterocycles. The SMILES string of the molecule is Cc1ccccc1OCCCC(=O)Oc1ccc2c(c1)OCCO2. The topological polar surface area (TPSA) is 54.0 Å². The van der Waals surface area contributed by atoms with Gasteiger partial charge in [0.15, 0.2) is 11.5 Å². The Morgan fingerprint density at radius 2 is 1.88 bits per heavy atom. The third-order valence-corrected chi connectivity index (χ3v) is 3.62. The molecule has 1 aliphatic rings. The van der Waals surface area contributed by atoms with Crippen LogP contribution in [0.25, 0.3) is 0 Å². The van der Waals surface area contributed by atoms with E-state index in [2.05, 4.69) is 0 Å². The Labute approximate surface area is 141 Å². The van der Waals surface area contributed by atoms with Crippen molar-refractivity contribution in [2.45, 2.75) is 19.8 Å². The number of esters is 1. The zero-order valence-corrected chi connectivity index (χ0v) is 13.6. The van der Waals surface area contributed by atoms with Crippen molar-refractivity contribution in [1.29, 1.82) is 0 Å². The number of carbonyl (C=O) groups excluding carboxylic acids is 1. The van der Waals surface area contributed by atoms with Gasteiger partial charge in [-0.1, -0.05) is 18.2 Å². The van der Waals surface area contributed by atoms with Crippen LogP contribution in [-0.2, 0) is 4.79 Å². The first kappa shape index (κ1) is 16.2. The van der Waals surface area contributed by atoms with E-state index in [4.69, 9.17) is 18.9 Å². The Morgan fingerprint density at radius 3 is 2.71 bits per heavy atom. The number of hydrogen-bond acceptors (Lipinski definition) is 5. The normalized spacial score (nSPS) is 12.5. The molecule has 0 spiro atoms. The van der Waals surface area contributed by atoms with Crippen molar-refractivity contribution in [2.75, 3.05) is 19.8 Å². The summed E-state index contributed by atoms with van der Waals surface area (Å²) in [5, 5.41) is 0. The molecule has 24 heavy (non-hydrogen) atoms. The molecule has 5 nitrogen and oxygen atoms in total. The number of aryl methyl sites for hydroxylation is 1. The minimum absolute atomic E-state index is 0.292. The standard InChI is InChI=1S/C19H20O5/c1-14-5-2-3-6-16(14)21-10-4-7-19(20)24-15-8-9-17-18(13-15)23-12-11-22-17/h2-3,5-6,8-9,13H,4,7,10-12H2,1H3. The molecule has 2 aromatic rings. The van der Waals surface area contributed by atoms with Crippen LogP contribution in [0.3, 0.4) is 0 Å². The van der Waals surface area contributed by atoms with Crippen LogP contribution in [0, 0.1) is 6.92 Å². The van der Waals surface area contributed by atoms with Gasteiger partial charge in [-0.05, 0) is 37.1 Å². The Hall–Kier alpha value is -2.69. The quantitative estimate of drug-likeness (QED) is 0.461. The second-order valence-corrected chi connectivity index (χ2v) is 5.50. The maximum absolute atomic E-state index is 11.9. The molecule has 3 rings (SSSR count). The van der Waals surface area contributed by atoms with E-state index >= 15 is 0 Å². The fourth-order valence-electron chi connectivity index (χ4n) is 2.39. The van der Waals surface area contributed by atoms with Gasteiger partial charge in [-0.2, -0.15) is 0 Å². The van der Waals surface area contributed by atoms with Crippen LogP contribution < -0.4 is 18.9 Å². The van der Waals surface area contributed by atoms with Crippen molar-refractivity contribution >= 4 is 5.97 Å². The van der Waals surface area contributed by atoms with Crippen LogP contribution in [0.2, 0.25) is 0 Å². The minimum atomic E-state index is -0.292. The fourth-order valence-corrected chi connectivity index (χ4v) is 2.39. The summed E-state index contributed by atoms with van der Waals surface area (Å²) in [4.78, 5) is 11.9. The first-order valence-electron chi connectivity index (χ1n) is 8.01. The molecule has 0 amide bonds. The average molecular weight is 328 g/mol. The number of ether oxygens (including phenoxy) is 4. The van der Waals surface area contributed by atoms with E-state index in [1.807, 2.05) is 31.2 Å². The lowest BCUT2D eigenvalue weighted by Gasteiger charge is -2.18. The van der Waals surface area contributed by atoms with Crippen molar-refractivity contribution in [3.05, 3.63) is 48.0 Å². The lowest BCUT2D eigenvalue weighted by molar-refractivity contribution is -0.134. The molecule has 0 aliphatic carbocycles. The van der Waals surface area contributed by atoms with Crippen molar-refractivity contribution in [2.24, 2.45) is 0 Å². The maximum atomic E-state index is 11.9. The molecule has 2 aromatic carbocycles. The second-order valence-electron chi connectivity index (χ2n) is 5.50. The lowest BCUT2D eigenvalue weighted by Crippen LogP contribution is -2.15. The summed E-state index contributed by atoms with van der Waals surface area (Å²) in [5.41, 5.74) is 1.08. The summed E-state index contributed by atoms with van der Waals surface area (Å²) in [7, 11) is 0. The highest BCUT2D eigenvalue weighted by Gasteiger charge is 2.13. The van der Waals surface area contributed by atoms with Crippen molar-refractivity contribution in [3.63, 3.8) is 0 Å². The molecule has 0 bridgehead atoms. The van der Waals surface area contributed by atoms with Gasteiger partial charge in [0, 0.05) is 12.5 Å². The van der Waals surface area contributed by atoms with Gasteiger partial charge in [0.1, 0.15) is 24.7 Å². The Balaban J connectivity index is 1.43. The molecule has 126 valence electrons. The van der Waals surface area contributed by atoms with Crippen molar-refractivity contribution < 1.29 is 23.7 Å². The van der Waals surface area contributed by atoms with E-state index in [1.165, 1.54) is 0 Å². The average Bonchev–Trinajstić information content (AvgIpc) is 2.60. The zero-order valence-electron chi connectivity index (χ0n) is 13.6. The Kier molecular flexibility index (Phi) is 5.21. The van der Waals surface area contributed by atoms with E-state index in [0.717, 1.165) is 11.3 Å². The van der Waals surface area contributed by atoms with Gasteiger partial charge in [-0.15, -0.1) is 0 Å². The van der Waals surface area contributed by atoms with E-state index in [0.29, 0.717) is 49.9 Å². The third-order valence-electron chi connectivity index (χ3n) is 3.62. The number of carbonyl (C=O) groups is 1. The van der Waals surface area contributed by atoms with Gasteiger partial charge < -0.3 is 18.9 Å². The Bertz CT molecular complexity index is 711. The molecule has 1 aliphatic heterocycles. The van der Waals surface area contributed by atoms with Gasteiger partial charge in [0.05, 0.1) is 6.61 Å². The minimum Gasteiger partial charge on any atom is -0.493 e. The molecule has 0 aromatic heterocycles. The largest absolute Gasteiger partial charge is 0.493 e. The molecule has 0 saturated carbocycles. The number of fused-ring (bicyclic) bond motifs is 1. The van der Waals surface area contributed by atoms with E-state index in [9.17, 15) is 4.79 Å². The van der Waals surface area contributed by atoms with E-state index in [1.54, 1.807) is 18.2 Å². The van der Waals surface area contributed by atoms with Crippen LogP contribution in [0.5, 0.6) is 23.0 Å². The van der Waals surface area contributed by atoms with Crippen molar-refractivity contribution in [3.8, 4) is 23.0 Å². The van der Waals surface area contributed by atoms with Gasteiger partial charge in [0.2, 0.25) is 0 Å². The molecule has 0 radical (unpaired) electrons. The van der Waals surface area contributed by atoms with Crippen LogP contribution in [-0.4, -0.2) is 25.8 Å². The smallest absolute Gasteiger partial charge is 0.311 e. The first-order valence-corrected chi connectivity index (χ1v) is 8.01. The molecule has 0 saturated heterocycles. The molecule has 0 unspecified atom stereocenters.